The molecule has 2 aromatic carbocycles. The van der Waals surface area contributed by atoms with E-state index >= 15 is 0 Å². The number of para-hydroxylation sites is 1. The molecule has 0 atom stereocenters. The number of rotatable bonds is 5. The Morgan fingerprint density at radius 3 is 2.50 bits per heavy atom. The number of hydrogen-bond acceptors (Lipinski definition) is 3. The van der Waals surface area contributed by atoms with Crippen LogP contribution in [0.2, 0.25) is 0 Å². The summed E-state index contributed by atoms with van der Waals surface area (Å²) in [6.07, 6.45) is 5.41. The largest absolute Gasteiger partial charge is 0.339 e. The zero-order valence-corrected chi connectivity index (χ0v) is 17.7. The first-order valence-electron chi connectivity index (χ1n) is 10.1. The number of hydrogen-bond donors (Lipinski definition) is 1. The van der Waals surface area contributed by atoms with Gasteiger partial charge in [0.1, 0.15) is 0 Å². The summed E-state index contributed by atoms with van der Waals surface area (Å²) in [4.78, 5) is 29.5. The number of likely N-dealkylation sites (tertiary alicyclic amines) is 1. The van der Waals surface area contributed by atoms with Crippen molar-refractivity contribution in [3.8, 4) is 10.4 Å². The maximum Gasteiger partial charge on any atom is 0.255 e. The fraction of sp³-hybridized carbons (Fsp3) is 0.200. The summed E-state index contributed by atoms with van der Waals surface area (Å²) >= 11 is 1.63. The topological polar surface area (TPSA) is 49.4 Å². The van der Waals surface area contributed by atoms with Crippen LogP contribution in [0, 0.1) is 6.92 Å². The number of nitrogens with one attached hydrogen (secondary N) is 1. The molecule has 5 heteroatoms. The molecule has 4 rings (SSSR count). The van der Waals surface area contributed by atoms with Crippen molar-refractivity contribution in [3.63, 3.8) is 0 Å². The van der Waals surface area contributed by atoms with E-state index in [0.29, 0.717) is 11.3 Å². The molecule has 2 amide bonds. The first kappa shape index (κ1) is 20.1. The van der Waals surface area contributed by atoms with Gasteiger partial charge in [-0.1, -0.05) is 42.5 Å². The van der Waals surface area contributed by atoms with Crippen molar-refractivity contribution in [1.82, 2.24) is 4.90 Å². The van der Waals surface area contributed by atoms with E-state index in [9.17, 15) is 9.59 Å². The number of aryl methyl sites for hydroxylation is 1. The normalized spacial score (nSPS) is 13.7. The molecule has 152 valence electrons. The molecular formula is C25H24N2O2S. The first-order valence-corrected chi connectivity index (χ1v) is 11.0. The SMILES string of the molecule is Cc1cccc(C(=O)N2CCCC2)c1NC(=O)/C=C/c1ccc(-c2ccccc2)s1. The molecule has 1 fully saturated rings. The summed E-state index contributed by atoms with van der Waals surface area (Å²) in [6.45, 7) is 3.47. The molecular weight excluding hydrogens is 392 g/mol. The highest BCUT2D eigenvalue weighted by Gasteiger charge is 2.23. The van der Waals surface area contributed by atoms with Gasteiger partial charge in [0, 0.05) is 28.9 Å². The Hall–Kier alpha value is -3.18. The van der Waals surface area contributed by atoms with Gasteiger partial charge in [-0.25, -0.2) is 0 Å². The van der Waals surface area contributed by atoms with Gasteiger partial charge in [-0.2, -0.15) is 0 Å². The van der Waals surface area contributed by atoms with Crippen LogP contribution in [-0.2, 0) is 4.79 Å². The molecule has 1 N–H and O–H groups in total. The van der Waals surface area contributed by atoms with Gasteiger partial charge in [0.05, 0.1) is 11.3 Å². The van der Waals surface area contributed by atoms with E-state index < -0.39 is 0 Å². The smallest absolute Gasteiger partial charge is 0.255 e. The first-order chi connectivity index (χ1) is 14.6. The second-order valence-corrected chi connectivity index (χ2v) is 8.50. The fourth-order valence-electron chi connectivity index (χ4n) is 3.63. The third kappa shape index (κ3) is 4.52. The molecule has 0 aliphatic carbocycles. The maximum atomic E-state index is 12.9. The summed E-state index contributed by atoms with van der Waals surface area (Å²) in [5, 5.41) is 2.92. The Kier molecular flexibility index (Phi) is 6.10. The molecule has 30 heavy (non-hydrogen) atoms. The van der Waals surface area contributed by atoms with Crippen LogP contribution < -0.4 is 5.32 Å². The van der Waals surface area contributed by atoms with Gasteiger partial charge in [0.15, 0.2) is 0 Å². The van der Waals surface area contributed by atoms with Gasteiger partial charge in [-0.05, 0) is 55.2 Å². The van der Waals surface area contributed by atoms with Crippen molar-refractivity contribution < 1.29 is 9.59 Å². The second-order valence-electron chi connectivity index (χ2n) is 7.39. The summed E-state index contributed by atoms with van der Waals surface area (Å²) < 4.78 is 0. The molecule has 1 aliphatic heterocycles. The molecule has 1 saturated heterocycles. The third-order valence-electron chi connectivity index (χ3n) is 5.23. The Balaban J connectivity index is 1.48. The van der Waals surface area contributed by atoms with Gasteiger partial charge in [-0.3, -0.25) is 9.59 Å². The highest BCUT2D eigenvalue weighted by atomic mass is 32.1. The molecule has 0 spiro atoms. The van der Waals surface area contributed by atoms with E-state index in [1.807, 2.05) is 54.3 Å². The van der Waals surface area contributed by atoms with E-state index in [1.165, 1.54) is 6.08 Å². The van der Waals surface area contributed by atoms with Crippen molar-refractivity contribution in [3.05, 3.63) is 82.7 Å². The van der Waals surface area contributed by atoms with Crippen LogP contribution in [-0.4, -0.2) is 29.8 Å². The average Bonchev–Trinajstić information content (AvgIpc) is 3.46. The number of thiophene rings is 1. The number of carbonyl (C=O) groups excluding carboxylic acids is 2. The van der Waals surface area contributed by atoms with Gasteiger partial charge in [-0.15, -0.1) is 11.3 Å². The molecule has 4 nitrogen and oxygen atoms in total. The number of benzene rings is 2. The third-order valence-corrected chi connectivity index (χ3v) is 6.33. The summed E-state index contributed by atoms with van der Waals surface area (Å²) in [7, 11) is 0. The lowest BCUT2D eigenvalue weighted by Crippen LogP contribution is -2.29. The summed E-state index contributed by atoms with van der Waals surface area (Å²) in [5.74, 6) is -0.254. The molecule has 0 radical (unpaired) electrons. The zero-order valence-electron chi connectivity index (χ0n) is 16.9. The number of anilines is 1. The van der Waals surface area contributed by atoms with Gasteiger partial charge in [0.2, 0.25) is 5.91 Å². The Labute approximate surface area is 180 Å². The van der Waals surface area contributed by atoms with Gasteiger partial charge >= 0.3 is 0 Å². The van der Waals surface area contributed by atoms with Crippen LogP contribution >= 0.6 is 11.3 Å². The van der Waals surface area contributed by atoms with E-state index in [1.54, 1.807) is 17.4 Å². The van der Waals surface area contributed by atoms with E-state index in [0.717, 1.165) is 46.8 Å². The van der Waals surface area contributed by atoms with Crippen LogP contribution in [0.15, 0.2) is 66.7 Å². The van der Waals surface area contributed by atoms with Crippen molar-refractivity contribution in [2.75, 3.05) is 18.4 Å². The molecule has 0 unspecified atom stereocenters. The number of nitrogens with zero attached hydrogens (tertiary/aromatic N) is 1. The lowest BCUT2D eigenvalue weighted by atomic mass is 10.1. The Morgan fingerprint density at radius 2 is 1.73 bits per heavy atom. The highest BCUT2D eigenvalue weighted by molar-refractivity contribution is 7.16. The molecule has 0 saturated carbocycles. The average molecular weight is 417 g/mol. The molecule has 1 aromatic heterocycles. The van der Waals surface area contributed by atoms with Crippen LogP contribution in [0.25, 0.3) is 16.5 Å². The number of amides is 2. The molecule has 2 heterocycles. The maximum absolute atomic E-state index is 12.9. The predicted octanol–water partition coefficient (Wildman–Crippen LogP) is 5.61. The monoisotopic (exact) mass is 416 g/mol. The number of carbonyl (C=O) groups is 2. The molecule has 0 bridgehead atoms. The van der Waals surface area contributed by atoms with E-state index in [-0.39, 0.29) is 11.8 Å². The standard InChI is InChI=1S/C25H24N2O2S/c1-18-8-7-11-21(25(29)27-16-5-6-17-27)24(18)26-23(28)15-13-20-12-14-22(30-20)19-9-3-2-4-10-19/h2-4,7-15H,5-6,16-17H2,1H3,(H,26,28)/b15-13+. The lowest BCUT2D eigenvalue weighted by molar-refractivity contribution is -0.111. The highest BCUT2D eigenvalue weighted by Crippen LogP contribution is 2.29. The van der Waals surface area contributed by atoms with Crippen LogP contribution in [0.3, 0.4) is 0 Å². The van der Waals surface area contributed by atoms with Crippen LogP contribution in [0.1, 0.15) is 33.6 Å². The fourth-order valence-corrected chi connectivity index (χ4v) is 4.54. The zero-order chi connectivity index (χ0) is 20.9. The van der Waals surface area contributed by atoms with Crippen LogP contribution in [0.4, 0.5) is 5.69 Å². The van der Waals surface area contributed by atoms with Crippen molar-refractivity contribution >= 4 is 34.9 Å². The minimum absolute atomic E-state index is 0.0127. The lowest BCUT2D eigenvalue weighted by Gasteiger charge is -2.19. The van der Waals surface area contributed by atoms with Crippen LogP contribution in [0.5, 0.6) is 0 Å². The molecule has 1 aliphatic rings. The van der Waals surface area contributed by atoms with E-state index in [4.69, 9.17) is 0 Å². The van der Waals surface area contributed by atoms with Gasteiger partial charge in [0.25, 0.3) is 5.91 Å². The minimum atomic E-state index is -0.241. The summed E-state index contributed by atoms with van der Waals surface area (Å²) in [5.41, 5.74) is 3.20. The van der Waals surface area contributed by atoms with Crippen molar-refractivity contribution in [1.29, 1.82) is 0 Å². The predicted molar refractivity (Wildman–Crippen MR) is 124 cm³/mol. The molecule has 3 aromatic rings. The van der Waals surface area contributed by atoms with Crippen molar-refractivity contribution in [2.24, 2.45) is 0 Å². The van der Waals surface area contributed by atoms with E-state index in [2.05, 4.69) is 23.5 Å². The Morgan fingerprint density at radius 1 is 0.967 bits per heavy atom. The Bertz CT molecular complexity index is 1080. The minimum Gasteiger partial charge on any atom is -0.339 e. The second kappa shape index (κ2) is 9.09. The quantitative estimate of drug-likeness (QED) is 0.550. The van der Waals surface area contributed by atoms with Crippen molar-refractivity contribution in [2.45, 2.75) is 19.8 Å². The van der Waals surface area contributed by atoms with Gasteiger partial charge < -0.3 is 10.2 Å². The summed E-state index contributed by atoms with van der Waals surface area (Å²) in [6, 6.07) is 19.8.